The van der Waals surface area contributed by atoms with Gasteiger partial charge in [-0.05, 0) is 55.3 Å². The quantitative estimate of drug-likeness (QED) is 0.626. The number of halogens is 1. The minimum absolute atomic E-state index is 0.258. The lowest BCUT2D eigenvalue weighted by Crippen LogP contribution is -2.49. The number of sulfonamides is 1. The van der Waals surface area contributed by atoms with Gasteiger partial charge in [-0.15, -0.1) is 10.2 Å². The second-order valence-electron chi connectivity index (χ2n) is 7.42. The van der Waals surface area contributed by atoms with E-state index in [1.165, 1.54) is 10.4 Å². The van der Waals surface area contributed by atoms with Gasteiger partial charge in [0, 0.05) is 37.4 Å². The van der Waals surface area contributed by atoms with E-state index in [1.807, 2.05) is 36.1 Å². The van der Waals surface area contributed by atoms with Gasteiger partial charge < -0.3 is 10.2 Å². The Balaban J connectivity index is 1.40. The van der Waals surface area contributed by atoms with Crippen LogP contribution in [-0.2, 0) is 10.0 Å². The van der Waals surface area contributed by atoms with E-state index in [2.05, 4.69) is 20.5 Å². The first-order chi connectivity index (χ1) is 14.8. The third kappa shape index (κ3) is 4.79. The number of hydrogen-bond acceptors (Lipinski definition) is 7. The number of aryl methyl sites for hydroxylation is 2. The first kappa shape index (κ1) is 21.5. The van der Waals surface area contributed by atoms with Gasteiger partial charge >= 0.3 is 0 Å². The number of hydrogen-bond donors (Lipinski definition) is 1. The topological polar surface area (TPSA) is 91.3 Å². The summed E-state index contributed by atoms with van der Waals surface area (Å²) in [6.45, 7) is 5.54. The second-order valence-corrected chi connectivity index (χ2v) is 9.77. The summed E-state index contributed by atoms with van der Waals surface area (Å²) in [5.74, 6) is 2.00. The summed E-state index contributed by atoms with van der Waals surface area (Å²) in [6.07, 6.45) is 1.78. The molecule has 8 nitrogen and oxygen atoms in total. The molecular formula is C21H23ClN6O2S. The summed E-state index contributed by atoms with van der Waals surface area (Å²) >= 11 is 6.02. The van der Waals surface area contributed by atoms with E-state index in [0.29, 0.717) is 54.2 Å². The molecule has 1 aromatic carbocycles. The van der Waals surface area contributed by atoms with Crippen LogP contribution in [0.3, 0.4) is 0 Å². The first-order valence-electron chi connectivity index (χ1n) is 9.87. The Morgan fingerprint density at radius 2 is 1.68 bits per heavy atom. The van der Waals surface area contributed by atoms with Crippen molar-refractivity contribution < 1.29 is 8.42 Å². The second kappa shape index (κ2) is 8.78. The minimum Gasteiger partial charge on any atom is -0.352 e. The largest absolute Gasteiger partial charge is 0.352 e. The molecule has 31 heavy (non-hydrogen) atoms. The third-order valence-corrected chi connectivity index (χ3v) is 7.42. The predicted octanol–water partition coefficient (Wildman–Crippen LogP) is 3.40. The lowest BCUT2D eigenvalue weighted by molar-refractivity contribution is 0.383. The molecule has 1 saturated heterocycles. The average Bonchev–Trinajstić information content (AvgIpc) is 2.77. The van der Waals surface area contributed by atoms with Crippen molar-refractivity contribution in [1.29, 1.82) is 0 Å². The molecule has 3 aromatic rings. The summed E-state index contributed by atoms with van der Waals surface area (Å²) in [7, 11) is -3.60. The van der Waals surface area contributed by atoms with Crippen LogP contribution in [0.1, 0.15) is 11.1 Å². The van der Waals surface area contributed by atoms with Gasteiger partial charge in [0.1, 0.15) is 5.82 Å². The Morgan fingerprint density at radius 1 is 0.935 bits per heavy atom. The molecule has 0 aliphatic carbocycles. The van der Waals surface area contributed by atoms with Gasteiger partial charge in [0.15, 0.2) is 11.6 Å². The van der Waals surface area contributed by atoms with Crippen molar-refractivity contribution in [2.24, 2.45) is 0 Å². The summed E-state index contributed by atoms with van der Waals surface area (Å²) in [5.41, 5.74) is 1.77. The van der Waals surface area contributed by atoms with Crippen LogP contribution >= 0.6 is 11.6 Å². The van der Waals surface area contributed by atoms with E-state index < -0.39 is 10.0 Å². The van der Waals surface area contributed by atoms with Crippen molar-refractivity contribution in [3.05, 3.63) is 64.8 Å². The lowest BCUT2D eigenvalue weighted by atomic mass is 10.2. The van der Waals surface area contributed by atoms with Crippen LogP contribution in [-0.4, -0.2) is 54.1 Å². The van der Waals surface area contributed by atoms with Crippen LogP contribution in [0.25, 0.3) is 0 Å². The fraction of sp³-hybridized carbons (Fsp3) is 0.286. The molecular weight excluding hydrogens is 436 g/mol. The molecule has 0 spiro atoms. The molecule has 0 amide bonds. The number of piperazine rings is 1. The highest BCUT2D eigenvalue weighted by Crippen LogP contribution is 2.25. The molecule has 0 radical (unpaired) electrons. The zero-order chi connectivity index (χ0) is 22.0. The van der Waals surface area contributed by atoms with Crippen molar-refractivity contribution in [1.82, 2.24) is 19.5 Å². The molecule has 10 heteroatoms. The Hall–Kier alpha value is -2.75. The van der Waals surface area contributed by atoms with Gasteiger partial charge in [0.25, 0.3) is 0 Å². The standard InChI is InChI=1S/C21H23ClN6O2S/c1-15-3-6-19(23-14-15)24-20-7-8-21(26-25-20)27-9-11-28(12-10-27)31(29,30)18-13-17(22)5-4-16(18)2/h3-8,13-14H,9-12H2,1-2H3,(H,23,24,25). The molecule has 3 heterocycles. The zero-order valence-electron chi connectivity index (χ0n) is 17.3. The van der Waals surface area contributed by atoms with Gasteiger partial charge in [0.05, 0.1) is 4.90 Å². The van der Waals surface area contributed by atoms with E-state index >= 15 is 0 Å². The summed E-state index contributed by atoms with van der Waals surface area (Å²) in [5, 5.41) is 12.0. The molecule has 2 aromatic heterocycles. The van der Waals surface area contributed by atoms with Crippen molar-refractivity contribution in [2.75, 3.05) is 36.4 Å². The normalized spacial score (nSPS) is 15.1. The lowest BCUT2D eigenvalue weighted by Gasteiger charge is -2.34. The molecule has 0 bridgehead atoms. The maximum atomic E-state index is 13.0. The average molecular weight is 459 g/mol. The van der Waals surface area contributed by atoms with Crippen LogP contribution in [0.2, 0.25) is 5.02 Å². The van der Waals surface area contributed by atoms with Gasteiger partial charge in [-0.1, -0.05) is 23.7 Å². The Bertz CT molecular complexity index is 1160. The predicted molar refractivity (Wildman–Crippen MR) is 121 cm³/mol. The van der Waals surface area contributed by atoms with E-state index in [-0.39, 0.29) is 4.90 Å². The first-order valence-corrected chi connectivity index (χ1v) is 11.7. The number of benzene rings is 1. The maximum Gasteiger partial charge on any atom is 0.243 e. The fourth-order valence-electron chi connectivity index (χ4n) is 3.38. The van der Waals surface area contributed by atoms with Gasteiger partial charge in [-0.25, -0.2) is 13.4 Å². The number of pyridine rings is 1. The van der Waals surface area contributed by atoms with E-state index in [1.54, 1.807) is 25.3 Å². The molecule has 162 valence electrons. The Morgan fingerprint density at radius 3 is 2.32 bits per heavy atom. The van der Waals surface area contributed by atoms with Crippen molar-refractivity contribution in [2.45, 2.75) is 18.7 Å². The van der Waals surface area contributed by atoms with Crippen LogP contribution in [0, 0.1) is 13.8 Å². The molecule has 0 atom stereocenters. The van der Waals surface area contributed by atoms with Gasteiger partial charge in [0.2, 0.25) is 10.0 Å². The van der Waals surface area contributed by atoms with Crippen molar-refractivity contribution in [3.63, 3.8) is 0 Å². The van der Waals surface area contributed by atoms with Crippen molar-refractivity contribution >= 4 is 39.1 Å². The fourth-order valence-corrected chi connectivity index (χ4v) is 5.29. The number of aromatic nitrogens is 3. The maximum absolute atomic E-state index is 13.0. The molecule has 4 rings (SSSR count). The number of nitrogens with one attached hydrogen (secondary N) is 1. The molecule has 0 saturated carbocycles. The summed E-state index contributed by atoms with van der Waals surface area (Å²) in [6, 6.07) is 12.5. The minimum atomic E-state index is -3.60. The molecule has 1 aliphatic heterocycles. The molecule has 1 aliphatic rings. The summed E-state index contributed by atoms with van der Waals surface area (Å²) < 4.78 is 27.6. The zero-order valence-corrected chi connectivity index (χ0v) is 18.9. The summed E-state index contributed by atoms with van der Waals surface area (Å²) in [4.78, 5) is 6.58. The monoisotopic (exact) mass is 458 g/mol. The molecule has 0 unspecified atom stereocenters. The highest BCUT2D eigenvalue weighted by atomic mass is 35.5. The number of rotatable bonds is 5. The highest BCUT2D eigenvalue weighted by molar-refractivity contribution is 7.89. The van der Waals surface area contributed by atoms with Crippen LogP contribution < -0.4 is 10.2 Å². The van der Waals surface area contributed by atoms with Gasteiger partial charge in [-0.2, -0.15) is 4.31 Å². The number of anilines is 3. The van der Waals surface area contributed by atoms with Crippen LogP contribution in [0.4, 0.5) is 17.5 Å². The van der Waals surface area contributed by atoms with E-state index in [9.17, 15) is 8.42 Å². The highest BCUT2D eigenvalue weighted by Gasteiger charge is 2.30. The Labute approximate surface area is 186 Å². The van der Waals surface area contributed by atoms with Gasteiger partial charge in [-0.3, -0.25) is 0 Å². The van der Waals surface area contributed by atoms with E-state index in [4.69, 9.17) is 11.6 Å². The number of nitrogens with zero attached hydrogens (tertiary/aromatic N) is 5. The third-order valence-electron chi connectivity index (χ3n) is 5.15. The SMILES string of the molecule is Cc1ccc(Nc2ccc(N3CCN(S(=O)(=O)c4cc(Cl)ccc4C)CC3)nn2)nc1. The van der Waals surface area contributed by atoms with Crippen LogP contribution in [0.15, 0.2) is 53.6 Å². The van der Waals surface area contributed by atoms with E-state index in [0.717, 1.165) is 5.56 Å². The molecule has 1 fully saturated rings. The van der Waals surface area contributed by atoms with Crippen molar-refractivity contribution in [3.8, 4) is 0 Å². The van der Waals surface area contributed by atoms with Crippen LogP contribution in [0.5, 0.6) is 0 Å². The molecule has 1 N–H and O–H groups in total. The Kier molecular flexibility index (Phi) is 6.08. The smallest absolute Gasteiger partial charge is 0.243 e.